The van der Waals surface area contributed by atoms with E-state index in [0.717, 1.165) is 52.7 Å². The quantitative estimate of drug-likeness (QED) is 0.405. The van der Waals surface area contributed by atoms with E-state index in [4.69, 9.17) is 14.5 Å². The average Bonchev–Trinajstić information content (AvgIpc) is 3.44. The van der Waals surface area contributed by atoms with Crippen molar-refractivity contribution < 1.29 is 14.3 Å². The van der Waals surface area contributed by atoms with Gasteiger partial charge in [-0.25, -0.2) is 9.97 Å². The van der Waals surface area contributed by atoms with Gasteiger partial charge >= 0.3 is 0 Å². The Labute approximate surface area is 209 Å². The molecular formula is C26H31N7O3. The first-order valence-electron chi connectivity index (χ1n) is 12.1. The zero-order chi connectivity index (χ0) is 25.2. The zero-order valence-corrected chi connectivity index (χ0v) is 21.0. The van der Waals surface area contributed by atoms with Gasteiger partial charge in [-0.3, -0.25) is 9.89 Å². The highest BCUT2D eigenvalue weighted by Gasteiger charge is 2.26. The summed E-state index contributed by atoms with van der Waals surface area (Å²) in [6, 6.07) is 11.7. The number of amides is 1. The van der Waals surface area contributed by atoms with Gasteiger partial charge in [0.1, 0.15) is 18.2 Å². The van der Waals surface area contributed by atoms with Gasteiger partial charge in [0.05, 0.1) is 25.3 Å². The van der Waals surface area contributed by atoms with Crippen molar-refractivity contribution in [3.05, 3.63) is 53.6 Å². The minimum Gasteiger partial charge on any atom is -0.493 e. The highest BCUT2D eigenvalue weighted by molar-refractivity contribution is 5.83. The molecule has 188 valence electrons. The second-order valence-corrected chi connectivity index (χ2v) is 9.11. The molecule has 1 aromatic carbocycles. The SMILES string of the molecule is COc1cc2nc(C)n(CC(=O)N3CCC(c4cccc(Nc5cc(C)[nH]n5)n4)CC3)c2cc1OC. The van der Waals surface area contributed by atoms with Gasteiger partial charge in [0.25, 0.3) is 0 Å². The predicted octanol–water partition coefficient (Wildman–Crippen LogP) is 3.94. The van der Waals surface area contributed by atoms with Crippen LogP contribution < -0.4 is 14.8 Å². The molecule has 1 aliphatic heterocycles. The lowest BCUT2D eigenvalue weighted by Crippen LogP contribution is -2.40. The van der Waals surface area contributed by atoms with E-state index in [1.165, 1.54) is 0 Å². The van der Waals surface area contributed by atoms with Crippen LogP contribution in [0.3, 0.4) is 0 Å². The van der Waals surface area contributed by atoms with E-state index in [1.807, 2.05) is 53.6 Å². The van der Waals surface area contributed by atoms with Crippen molar-refractivity contribution in [3.63, 3.8) is 0 Å². The second-order valence-electron chi connectivity index (χ2n) is 9.11. The topological polar surface area (TPSA) is 110 Å². The number of aromatic amines is 1. The Morgan fingerprint density at radius 1 is 1.06 bits per heavy atom. The third-order valence-electron chi connectivity index (χ3n) is 6.74. The van der Waals surface area contributed by atoms with E-state index in [1.54, 1.807) is 14.2 Å². The molecule has 0 saturated carbocycles. The van der Waals surface area contributed by atoms with Gasteiger partial charge in [0.2, 0.25) is 5.91 Å². The molecule has 5 rings (SSSR count). The fraction of sp³-hybridized carbons (Fsp3) is 0.385. The number of aromatic nitrogens is 5. The van der Waals surface area contributed by atoms with Gasteiger partial charge in [-0.05, 0) is 38.8 Å². The summed E-state index contributed by atoms with van der Waals surface area (Å²) >= 11 is 0. The van der Waals surface area contributed by atoms with Crippen LogP contribution in [0.2, 0.25) is 0 Å². The van der Waals surface area contributed by atoms with Gasteiger partial charge < -0.3 is 24.3 Å². The van der Waals surface area contributed by atoms with Gasteiger partial charge in [-0.1, -0.05) is 6.07 Å². The molecule has 1 aliphatic rings. The standard InChI is InChI=1S/C26H31N7O3/c1-16-12-25(31-30-16)29-24-7-5-6-19(28-24)18-8-10-32(11-9-18)26(34)15-33-17(2)27-20-13-22(35-3)23(36-4)14-21(20)33/h5-7,12-14,18H,8-11,15H2,1-4H3,(H2,28,29,30,31). The van der Waals surface area contributed by atoms with Crippen LogP contribution in [0.1, 0.15) is 36.0 Å². The Kier molecular flexibility index (Phi) is 6.49. The number of nitrogens with zero attached hydrogens (tertiary/aromatic N) is 5. The third kappa shape index (κ3) is 4.71. The van der Waals surface area contributed by atoms with E-state index in [0.29, 0.717) is 30.5 Å². The Morgan fingerprint density at radius 2 is 1.81 bits per heavy atom. The highest BCUT2D eigenvalue weighted by Crippen LogP contribution is 2.33. The largest absolute Gasteiger partial charge is 0.493 e. The Balaban J connectivity index is 1.24. The van der Waals surface area contributed by atoms with Gasteiger partial charge in [0, 0.05) is 48.6 Å². The van der Waals surface area contributed by atoms with Crippen LogP contribution in [0.5, 0.6) is 11.5 Å². The van der Waals surface area contributed by atoms with E-state index in [-0.39, 0.29) is 12.5 Å². The summed E-state index contributed by atoms with van der Waals surface area (Å²) in [7, 11) is 3.20. The smallest absolute Gasteiger partial charge is 0.242 e. The van der Waals surface area contributed by atoms with E-state index >= 15 is 0 Å². The Hall–Kier alpha value is -4.08. The van der Waals surface area contributed by atoms with Crippen LogP contribution in [-0.4, -0.2) is 62.8 Å². The van der Waals surface area contributed by atoms with Gasteiger partial charge in [0.15, 0.2) is 17.3 Å². The zero-order valence-electron chi connectivity index (χ0n) is 21.0. The minimum atomic E-state index is 0.0860. The predicted molar refractivity (Wildman–Crippen MR) is 137 cm³/mol. The number of pyridine rings is 1. The molecule has 10 heteroatoms. The number of aryl methyl sites for hydroxylation is 2. The number of anilines is 2. The number of imidazole rings is 1. The molecule has 1 amide bonds. The summed E-state index contributed by atoms with van der Waals surface area (Å²) in [5.41, 5.74) is 3.66. The van der Waals surface area contributed by atoms with Crippen molar-refractivity contribution in [3.8, 4) is 11.5 Å². The van der Waals surface area contributed by atoms with Crippen LogP contribution >= 0.6 is 0 Å². The van der Waals surface area contributed by atoms with E-state index in [2.05, 4.69) is 26.6 Å². The first kappa shape index (κ1) is 23.7. The molecule has 1 fully saturated rings. The highest BCUT2D eigenvalue weighted by atomic mass is 16.5. The first-order valence-corrected chi connectivity index (χ1v) is 12.1. The minimum absolute atomic E-state index is 0.0860. The number of benzene rings is 1. The summed E-state index contributed by atoms with van der Waals surface area (Å²) in [6.45, 7) is 5.51. The number of carbonyl (C=O) groups is 1. The number of piperidine rings is 1. The third-order valence-corrected chi connectivity index (χ3v) is 6.74. The molecule has 2 N–H and O–H groups in total. The van der Waals surface area contributed by atoms with Gasteiger partial charge in [-0.2, -0.15) is 5.10 Å². The van der Waals surface area contributed by atoms with Crippen molar-refractivity contribution >= 4 is 28.6 Å². The number of rotatable bonds is 7. The monoisotopic (exact) mass is 489 g/mol. The molecule has 10 nitrogen and oxygen atoms in total. The number of ether oxygens (including phenoxy) is 2. The molecule has 4 heterocycles. The lowest BCUT2D eigenvalue weighted by atomic mass is 9.93. The maximum absolute atomic E-state index is 13.2. The summed E-state index contributed by atoms with van der Waals surface area (Å²) < 4.78 is 12.8. The van der Waals surface area contributed by atoms with Crippen LogP contribution in [0, 0.1) is 13.8 Å². The lowest BCUT2D eigenvalue weighted by Gasteiger charge is -2.32. The number of methoxy groups -OCH3 is 2. The van der Waals surface area contributed by atoms with Crippen molar-refractivity contribution in [1.29, 1.82) is 0 Å². The fourth-order valence-corrected chi connectivity index (χ4v) is 4.79. The average molecular weight is 490 g/mol. The maximum atomic E-state index is 13.2. The fourth-order valence-electron chi connectivity index (χ4n) is 4.79. The number of fused-ring (bicyclic) bond motifs is 1. The number of nitrogens with one attached hydrogen (secondary N) is 2. The first-order chi connectivity index (χ1) is 17.4. The molecule has 0 radical (unpaired) electrons. The van der Waals surface area contributed by atoms with Crippen molar-refractivity contribution in [2.24, 2.45) is 0 Å². The number of carbonyl (C=O) groups excluding carboxylic acids is 1. The molecule has 0 spiro atoms. The van der Waals surface area contributed by atoms with Crippen molar-refractivity contribution in [2.45, 2.75) is 39.2 Å². The molecule has 1 saturated heterocycles. The summed E-state index contributed by atoms with van der Waals surface area (Å²) in [6.07, 6.45) is 1.75. The van der Waals surface area contributed by atoms with Crippen molar-refractivity contribution in [2.75, 3.05) is 32.6 Å². The summed E-state index contributed by atoms with van der Waals surface area (Å²) in [5, 5.41) is 10.4. The second kappa shape index (κ2) is 9.88. The molecule has 4 aromatic rings. The van der Waals surface area contributed by atoms with Crippen LogP contribution in [0.25, 0.3) is 11.0 Å². The van der Waals surface area contributed by atoms with Crippen molar-refractivity contribution in [1.82, 2.24) is 29.6 Å². The van der Waals surface area contributed by atoms with Crippen LogP contribution in [0.4, 0.5) is 11.6 Å². The van der Waals surface area contributed by atoms with E-state index in [9.17, 15) is 4.79 Å². The van der Waals surface area contributed by atoms with Crippen LogP contribution in [-0.2, 0) is 11.3 Å². The lowest BCUT2D eigenvalue weighted by molar-refractivity contribution is -0.132. The molecule has 36 heavy (non-hydrogen) atoms. The number of hydrogen-bond donors (Lipinski definition) is 2. The molecule has 0 aliphatic carbocycles. The Morgan fingerprint density at radius 3 is 2.50 bits per heavy atom. The molecule has 0 bridgehead atoms. The molecule has 0 atom stereocenters. The normalized spacial score (nSPS) is 14.3. The van der Waals surface area contributed by atoms with Gasteiger partial charge in [-0.15, -0.1) is 0 Å². The molecule has 3 aromatic heterocycles. The number of likely N-dealkylation sites (tertiary alicyclic amines) is 1. The summed E-state index contributed by atoms with van der Waals surface area (Å²) in [4.78, 5) is 24.6. The molecule has 0 unspecified atom stereocenters. The maximum Gasteiger partial charge on any atom is 0.242 e. The van der Waals surface area contributed by atoms with E-state index < -0.39 is 0 Å². The Bertz CT molecular complexity index is 1390. The number of H-pyrrole nitrogens is 1. The molecular weight excluding hydrogens is 458 g/mol. The van der Waals surface area contributed by atoms with Crippen LogP contribution in [0.15, 0.2) is 36.4 Å². The number of hydrogen-bond acceptors (Lipinski definition) is 7. The summed E-state index contributed by atoms with van der Waals surface area (Å²) in [5.74, 6) is 3.93.